The molecule has 2 aromatic heterocycles. The van der Waals surface area contributed by atoms with Crippen LogP contribution in [0.2, 0.25) is 0 Å². The van der Waals surface area contributed by atoms with Crippen molar-refractivity contribution in [1.29, 1.82) is 0 Å². The maximum absolute atomic E-state index is 12.9. The minimum absolute atomic E-state index is 0.189. The molecule has 0 aliphatic rings. The van der Waals surface area contributed by atoms with Crippen molar-refractivity contribution in [2.45, 2.75) is 78.4 Å². The molecule has 2 heterocycles. The molecule has 3 unspecified atom stereocenters. The molecule has 3 atom stereocenters. The summed E-state index contributed by atoms with van der Waals surface area (Å²) in [6, 6.07) is 7.41. The smallest absolute Gasteiger partial charge is 0.347 e. The average molecular weight is 501 g/mol. The number of benzene rings is 1. The number of hydrogen-bond acceptors (Lipinski definition) is 9. The number of aliphatic hydroxyl groups excluding tert-OH is 1. The number of anilines is 1. The maximum atomic E-state index is 12.9. The van der Waals surface area contributed by atoms with Gasteiger partial charge in [0.05, 0.1) is 23.2 Å². The van der Waals surface area contributed by atoms with E-state index in [1.54, 1.807) is 19.9 Å². The van der Waals surface area contributed by atoms with Gasteiger partial charge in [-0.15, -0.1) is 0 Å². The van der Waals surface area contributed by atoms with Crippen molar-refractivity contribution in [1.82, 2.24) is 14.5 Å². The molecule has 1 amide bonds. The molecule has 0 spiro atoms. The Balaban J connectivity index is 1.93. The van der Waals surface area contributed by atoms with Crippen LogP contribution in [0, 0.1) is 0 Å². The van der Waals surface area contributed by atoms with Crippen molar-refractivity contribution in [3.05, 3.63) is 30.1 Å². The third-order valence-corrected chi connectivity index (χ3v) is 5.39. The van der Waals surface area contributed by atoms with Crippen molar-refractivity contribution >= 4 is 45.6 Å². The van der Waals surface area contributed by atoms with Crippen LogP contribution in [0.15, 0.2) is 24.3 Å². The van der Waals surface area contributed by atoms with Crippen LogP contribution in [0.4, 0.5) is 5.82 Å². The Hall–Kier alpha value is -3.57. The standard InChI is InChI=1S/C25H32N4O7/c1-7-18-27-19-20(29(18)12-25(5,6)34)16-10-8-9-11-17(16)26-21(19)28-22(31)14(3)35-24(33)15(4)36-23(32)13(2)30/h8-11,13-15,30,34H,7,12H2,1-6H3,(H,26,28,31). The van der Waals surface area contributed by atoms with Crippen LogP contribution in [-0.4, -0.2) is 66.5 Å². The zero-order valence-corrected chi connectivity index (χ0v) is 21.2. The predicted octanol–water partition coefficient (Wildman–Crippen LogP) is 2.10. The number of imidazole rings is 1. The van der Waals surface area contributed by atoms with E-state index in [4.69, 9.17) is 14.5 Å². The number of carbonyl (C=O) groups is 3. The van der Waals surface area contributed by atoms with E-state index in [0.29, 0.717) is 23.3 Å². The van der Waals surface area contributed by atoms with Crippen molar-refractivity contribution in [2.24, 2.45) is 0 Å². The minimum Gasteiger partial charge on any atom is -0.450 e. The lowest BCUT2D eigenvalue weighted by Crippen LogP contribution is -2.36. The van der Waals surface area contributed by atoms with Crippen LogP contribution in [0.1, 0.15) is 47.4 Å². The molecule has 1 aromatic carbocycles. The molecule has 194 valence electrons. The van der Waals surface area contributed by atoms with Gasteiger partial charge in [0.15, 0.2) is 18.0 Å². The van der Waals surface area contributed by atoms with Gasteiger partial charge in [-0.3, -0.25) is 4.79 Å². The lowest BCUT2D eigenvalue weighted by atomic mass is 10.1. The lowest BCUT2D eigenvalue weighted by Gasteiger charge is -2.20. The maximum Gasteiger partial charge on any atom is 0.347 e. The Labute approximate surface area is 208 Å². The monoisotopic (exact) mass is 500 g/mol. The van der Waals surface area contributed by atoms with Gasteiger partial charge in [0.1, 0.15) is 17.4 Å². The van der Waals surface area contributed by atoms with Gasteiger partial charge >= 0.3 is 11.9 Å². The highest BCUT2D eigenvalue weighted by Gasteiger charge is 2.28. The molecule has 11 heteroatoms. The Morgan fingerprint density at radius 2 is 1.69 bits per heavy atom. The summed E-state index contributed by atoms with van der Waals surface area (Å²) in [6.07, 6.45) is -3.36. The fraction of sp³-hybridized carbons (Fsp3) is 0.480. The number of esters is 2. The normalized spacial score (nSPS) is 14.3. The van der Waals surface area contributed by atoms with Gasteiger partial charge in [-0.25, -0.2) is 19.6 Å². The van der Waals surface area contributed by atoms with Gasteiger partial charge in [0.2, 0.25) is 0 Å². The predicted molar refractivity (Wildman–Crippen MR) is 132 cm³/mol. The first-order chi connectivity index (χ1) is 16.8. The van der Waals surface area contributed by atoms with Crippen LogP contribution >= 0.6 is 0 Å². The molecule has 0 aliphatic heterocycles. The minimum atomic E-state index is -1.40. The van der Waals surface area contributed by atoms with Gasteiger partial charge in [0.25, 0.3) is 5.91 Å². The van der Waals surface area contributed by atoms with E-state index in [9.17, 15) is 24.6 Å². The molecular formula is C25H32N4O7. The molecule has 36 heavy (non-hydrogen) atoms. The second-order valence-corrected chi connectivity index (χ2v) is 9.28. The fourth-order valence-corrected chi connectivity index (χ4v) is 3.66. The summed E-state index contributed by atoms with van der Waals surface area (Å²) in [5, 5.41) is 23.3. The number of hydrogen-bond donors (Lipinski definition) is 3. The van der Waals surface area contributed by atoms with Gasteiger partial charge < -0.3 is 29.6 Å². The molecule has 3 rings (SSSR count). The van der Waals surface area contributed by atoms with Gasteiger partial charge in [-0.2, -0.15) is 0 Å². The molecule has 0 saturated carbocycles. The fourth-order valence-electron chi connectivity index (χ4n) is 3.66. The molecule has 0 fully saturated rings. The topological polar surface area (TPSA) is 153 Å². The number of aromatic nitrogens is 3. The van der Waals surface area contributed by atoms with Gasteiger partial charge in [-0.05, 0) is 40.7 Å². The number of aliphatic hydroxyl groups is 2. The molecule has 3 aromatic rings. The third-order valence-electron chi connectivity index (χ3n) is 5.39. The highest BCUT2D eigenvalue weighted by atomic mass is 16.6. The summed E-state index contributed by atoms with van der Waals surface area (Å²) in [5.74, 6) is -1.67. The first kappa shape index (κ1) is 27.0. The summed E-state index contributed by atoms with van der Waals surface area (Å²) in [4.78, 5) is 46.0. The Morgan fingerprint density at radius 1 is 1.06 bits per heavy atom. The Morgan fingerprint density at radius 3 is 2.31 bits per heavy atom. The zero-order chi connectivity index (χ0) is 26.8. The quantitative estimate of drug-likeness (QED) is 0.375. The van der Waals surface area contributed by atoms with Crippen LogP contribution in [0.3, 0.4) is 0 Å². The highest BCUT2D eigenvalue weighted by Crippen LogP contribution is 2.31. The van der Waals surface area contributed by atoms with Crippen molar-refractivity contribution in [2.75, 3.05) is 5.32 Å². The van der Waals surface area contributed by atoms with Crippen LogP contribution < -0.4 is 5.32 Å². The van der Waals surface area contributed by atoms with E-state index >= 15 is 0 Å². The number of aryl methyl sites for hydroxylation is 1. The molecule has 0 bridgehead atoms. The van der Waals surface area contributed by atoms with Crippen LogP contribution in [0.5, 0.6) is 0 Å². The summed E-state index contributed by atoms with van der Waals surface area (Å²) in [6.45, 7) is 9.51. The SMILES string of the molecule is CCc1nc2c(NC(=O)C(C)OC(=O)C(C)OC(=O)C(C)O)nc3ccccc3c2n1CC(C)(C)O. The largest absolute Gasteiger partial charge is 0.450 e. The van der Waals surface area contributed by atoms with E-state index < -0.39 is 41.8 Å². The lowest BCUT2D eigenvalue weighted by molar-refractivity contribution is -0.174. The Bertz CT molecular complexity index is 1290. The molecule has 0 radical (unpaired) electrons. The number of rotatable bonds is 9. The summed E-state index contributed by atoms with van der Waals surface area (Å²) in [7, 11) is 0. The van der Waals surface area contributed by atoms with Gasteiger partial charge in [-0.1, -0.05) is 25.1 Å². The first-order valence-corrected chi connectivity index (χ1v) is 11.7. The van der Waals surface area contributed by atoms with E-state index in [-0.39, 0.29) is 12.4 Å². The van der Waals surface area contributed by atoms with Crippen LogP contribution in [0.25, 0.3) is 21.9 Å². The Kier molecular flexibility index (Phi) is 7.95. The highest BCUT2D eigenvalue weighted by molar-refractivity contribution is 6.10. The van der Waals surface area contributed by atoms with E-state index in [1.807, 2.05) is 29.7 Å². The number of para-hydroxylation sites is 1. The van der Waals surface area contributed by atoms with Crippen molar-refractivity contribution in [3.8, 4) is 0 Å². The molecular weight excluding hydrogens is 468 g/mol. The third kappa shape index (κ3) is 5.97. The van der Waals surface area contributed by atoms with Crippen LogP contribution in [-0.2, 0) is 36.8 Å². The second-order valence-electron chi connectivity index (χ2n) is 9.28. The number of carbonyl (C=O) groups excluding carboxylic acids is 3. The molecule has 0 saturated heterocycles. The number of pyridine rings is 1. The summed E-state index contributed by atoms with van der Waals surface area (Å²) < 4.78 is 11.9. The van der Waals surface area contributed by atoms with E-state index in [2.05, 4.69) is 10.3 Å². The number of nitrogens with zero attached hydrogens (tertiary/aromatic N) is 3. The zero-order valence-electron chi connectivity index (χ0n) is 21.2. The van der Waals surface area contributed by atoms with E-state index in [0.717, 1.165) is 10.9 Å². The van der Waals surface area contributed by atoms with E-state index in [1.165, 1.54) is 20.8 Å². The molecule has 3 N–H and O–H groups in total. The second kappa shape index (κ2) is 10.6. The number of ether oxygens (including phenoxy) is 2. The average Bonchev–Trinajstić information content (AvgIpc) is 3.16. The summed E-state index contributed by atoms with van der Waals surface area (Å²) >= 11 is 0. The summed E-state index contributed by atoms with van der Waals surface area (Å²) in [5.41, 5.74) is 0.768. The number of amides is 1. The number of fused-ring (bicyclic) bond motifs is 3. The number of nitrogens with one attached hydrogen (secondary N) is 1. The molecule has 11 nitrogen and oxygen atoms in total. The van der Waals surface area contributed by atoms with Crippen molar-refractivity contribution in [3.63, 3.8) is 0 Å². The molecule has 0 aliphatic carbocycles. The van der Waals surface area contributed by atoms with Crippen molar-refractivity contribution < 1.29 is 34.1 Å². The van der Waals surface area contributed by atoms with Gasteiger partial charge in [0, 0.05) is 11.8 Å². The first-order valence-electron chi connectivity index (χ1n) is 11.7.